The molecular formula is C33H37F3N2O5. The zero-order valence-electron chi connectivity index (χ0n) is 24.8. The molecule has 10 heteroatoms. The molecule has 43 heavy (non-hydrogen) atoms. The average Bonchev–Trinajstić information content (AvgIpc) is 3.77. The lowest BCUT2D eigenvalue weighted by Gasteiger charge is -2.38. The summed E-state index contributed by atoms with van der Waals surface area (Å²) in [6.45, 7) is 6.64. The molecule has 1 aliphatic heterocycles. The van der Waals surface area contributed by atoms with E-state index in [-0.39, 0.29) is 23.4 Å². The fourth-order valence-corrected chi connectivity index (χ4v) is 5.05. The molecule has 1 saturated heterocycles. The molecule has 3 aromatic rings. The molecule has 0 spiro atoms. The second-order valence-electron chi connectivity index (χ2n) is 12.0. The van der Waals surface area contributed by atoms with Crippen molar-refractivity contribution in [3.05, 3.63) is 77.0 Å². The molecule has 2 heterocycles. The van der Waals surface area contributed by atoms with E-state index in [4.69, 9.17) is 14.2 Å². The highest BCUT2D eigenvalue weighted by molar-refractivity contribution is 5.96. The first kappa shape index (κ1) is 31.0. The zero-order chi connectivity index (χ0) is 31.0. The van der Waals surface area contributed by atoms with E-state index >= 15 is 0 Å². The summed E-state index contributed by atoms with van der Waals surface area (Å²) < 4.78 is 60.7. The third-order valence-corrected chi connectivity index (χ3v) is 8.01. The van der Waals surface area contributed by atoms with Crippen molar-refractivity contribution in [3.8, 4) is 22.8 Å². The van der Waals surface area contributed by atoms with Crippen LogP contribution in [0, 0.1) is 6.92 Å². The van der Waals surface area contributed by atoms with Gasteiger partial charge in [-0.05, 0) is 75.9 Å². The van der Waals surface area contributed by atoms with Crippen molar-refractivity contribution in [2.45, 2.75) is 75.9 Å². The Labute approximate surface area is 249 Å². The molecule has 5 rings (SSSR count). The summed E-state index contributed by atoms with van der Waals surface area (Å²) >= 11 is 0. The van der Waals surface area contributed by atoms with Crippen molar-refractivity contribution in [2.24, 2.45) is 0 Å². The molecule has 230 valence electrons. The number of hydrogen-bond donors (Lipinski definition) is 2. The number of Topliss-reactive ketones (excluding diaryl/α,β-unsaturated/α-hetero) is 1. The van der Waals surface area contributed by atoms with E-state index in [2.05, 4.69) is 10.3 Å². The molecule has 0 amide bonds. The largest absolute Gasteiger partial charge is 0.493 e. The molecule has 1 aromatic heterocycles. The molecule has 1 saturated carbocycles. The molecule has 7 nitrogen and oxygen atoms in total. The maximum atomic E-state index is 14.8. The normalized spacial score (nSPS) is 17.2. The lowest BCUT2D eigenvalue weighted by molar-refractivity contribution is -0.270. The van der Waals surface area contributed by atoms with E-state index in [9.17, 15) is 23.1 Å². The lowest BCUT2D eigenvalue weighted by Crippen LogP contribution is -2.53. The van der Waals surface area contributed by atoms with E-state index in [1.54, 1.807) is 24.3 Å². The minimum atomic E-state index is -5.11. The maximum absolute atomic E-state index is 14.8. The molecule has 0 radical (unpaired) electrons. The standard InChI is InChI=1S/C33H37F3N2O5/c1-20-5-7-21(8-6-20)26-16-23(31(2,3)38-24-18-42-19-24)17-30(37-26)32(40,33(34,35)36)14-13-27(39)22-9-12-28(29(15-22)41-4)43-25-10-11-25/h5-9,12,15-17,24-25,38,40H,10-11,13-14,18-19H2,1-4H3. The molecule has 2 aliphatic rings. The summed E-state index contributed by atoms with van der Waals surface area (Å²) in [5.41, 5.74) is -2.14. The number of methoxy groups -OCH3 is 1. The van der Waals surface area contributed by atoms with Crippen LogP contribution in [0.5, 0.6) is 11.5 Å². The highest BCUT2D eigenvalue weighted by Crippen LogP contribution is 2.44. The number of hydrogen-bond acceptors (Lipinski definition) is 7. The number of aromatic nitrogens is 1. The van der Waals surface area contributed by atoms with Crippen molar-refractivity contribution in [2.75, 3.05) is 20.3 Å². The first-order chi connectivity index (χ1) is 20.3. The second kappa shape index (κ2) is 11.9. The van der Waals surface area contributed by atoms with Gasteiger partial charge in [-0.3, -0.25) is 4.79 Å². The number of rotatable bonds is 12. The number of carbonyl (C=O) groups excluding carboxylic acids is 1. The van der Waals surface area contributed by atoms with Crippen LogP contribution in [0.4, 0.5) is 13.2 Å². The highest BCUT2D eigenvalue weighted by Gasteiger charge is 2.56. The van der Waals surface area contributed by atoms with Gasteiger partial charge in [0.25, 0.3) is 0 Å². The van der Waals surface area contributed by atoms with Gasteiger partial charge in [0.2, 0.25) is 5.60 Å². The number of ether oxygens (including phenoxy) is 3. The van der Waals surface area contributed by atoms with Crippen molar-refractivity contribution < 1.29 is 37.3 Å². The fraction of sp³-hybridized carbons (Fsp3) is 0.455. The van der Waals surface area contributed by atoms with Crippen LogP contribution in [0.1, 0.15) is 66.7 Å². The van der Waals surface area contributed by atoms with Gasteiger partial charge in [0.15, 0.2) is 17.3 Å². The Hall–Kier alpha value is -3.47. The molecule has 2 N–H and O–H groups in total. The Bertz CT molecular complexity index is 1470. The van der Waals surface area contributed by atoms with E-state index in [0.717, 1.165) is 18.4 Å². The Morgan fingerprint density at radius 1 is 1.05 bits per heavy atom. The molecule has 2 fully saturated rings. The molecule has 0 bridgehead atoms. The van der Waals surface area contributed by atoms with Crippen LogP contribution in [0.3, 0.4) is 0 Å². The summed E-state index contributed by atoms with van der Waals surface area (Å²) in [5.74, 6) is 0.232. The van der Waals surface area contributed by atoms with Crippen LogP contribution in [-0.2, 0) is 15.9 Å². The van der Waals surface area contributed by atoms with E-state index in [1.165, 1.54) is 25.3 Å². The van der Waals surface area contributed by atoms with Crippen LogP contribution in [-0.4, -0.2) is 54.5 Å². The molecule has 1 aliphatic carbocycles. The first-order valence-corrected chi connectivity index (χ1v) is 14.4. The molecule has 2 aromatic carbocycles. The van der Waals surface area contributed by atoms with Crippen LogP contribution < -0.4 is 14.8 Å². The Balaban J connectivity index is 1.48. The van der Waals surface area contributed by atoms with Gasteiger partial charge in [-0.2, -0.15) is 13.2 Å². The van der Waals surface area contributed by atoms with Crippen LogP contribution >= 0.6 is 0 Å². The molecule has 1 unspecified atom stereocenters. The number of pyridine rings is 1. The number of halogens is 3. The van der Waals surface area contributed by atoms with Gasteiger partial charge >= 0.3 is 6.18 Å². The van der Waals surface area contributed by atoms with Crippen molar-refractivity contribution in [1.82, 2.24) is 10.3 Å². The SMILES string of the molecule is COc1cc(C(=O)CCC(O)(c2cc(C(C)(C)NC3COC3)cc(-c3ccc(C)cc3)n2)C(F)(F)F)ccc1OC1CC1. The number of aryl methyl sites for hydroxylation is 1. The number of benzene rings is 2. The summed E-state index contributed by atoms with van der Waals surface area (Å²) in [6, 6.07) is 14.9. The number of nitrogens with one attached hydrogen (secondary N) is 1. The summed E-state index contributed by atoms with van der Waals surface area (Å²) in [6.07, 6.45) is -4.62. The fourth-order valence-electron chi connectivity index (χ4n) is 5.05. The van der Waals surface area contributed by atoms with Crippen molar-refractivity contribution >= 4 is 5.78 Å². The van der Waals surface area contributed by atoms with Gasteiger partial charge in [0, 0.05) is 23.1 Å². The average molecular weight is 599 g/mol. The summed E-state index contributed by atoms with van der Waals surface area (Å²) in [5, 5.41) is 14.8. The number of aliphatic hydroxyl groups is 1. The predicted molar refractivity (Wildman–Crippen MR) is 155 cm³/mol. The van der Waals surface area contributed by atoms with Crippen molar-refractivity contribution in [3.63, 3.8) is 0 Å². The van der Waals surface area contributed by atoms with Gasteiger partial charge in [0.1, 0.15) is 0 Å². The summed E-state index contributed by atoms with van der Waals surface area (Å²) in [4.78, 5) is 17.5. The second-order valence-corrected chi connectivity index (χ2v) is 12.0. The quantitative estimate of drug-likeness (QED) is 0.239. The van der Waals surface area contributed by atoms with Crippen LogP contribution in [0.15, 0.2) is 54.6 Å². The molecular weight excluding hydrogens is 561 g/mol. The van der Waals surface area contributed by atoms with Crippen molar-refractivity contribution in [1.29, 1.82) is 0 Å². The smallest absolute Gasteiger partial charge is 0.422 e. The lowest BCUT2D eigenvalue weighted by atomic mass is 9.85. The third kappa shape index (κ3) is 6.87. The van der Waals surface area contributed by atoms with Crippen LogP contribution in [0.2, 0.25) is 0 Å². The predicted octanol–water partition coefficient (Wildman–Crippen LogP) is 6.24. The molecule has 1 atom stereocenters. The minimum absolute atomic E-state index is 0.0478. The number of ketones is 1. The van der Waals surface area contributed by atoms with E-state index in [0.29, 0.717) is 35.8 Å². The third-order valence-electron chi connectivity index (χ3n) is 8.01. The number of alkyl halides is 3. The monoisotopic (exact) mass is 598 g/mol. The van der Waals surface area contributed by atoms with Crippen LogP contribution in [0.25, 0.3) is 11.3 Å². The first-order valence-electron chi connectivity index (χ1n) is 14.4. The zero-order valence-corrected chi connectivity index (χ0v) is 24.8. The minimum Gasteiger partial charge on any atom is -0.493 e. The van der Waals surface area contributed by atoms with E-state index < -0.39 is 41.6 Å². The summed E-state index contributed by atoms with van der Waals surface area (Å²) in [7, 11) is 1.43. The van der Waals surface area contributed by atoms with Gasteiger partial charge in [-0.1, -0.05) is 29.8 Å². The topological polar surface area (TPSA) is 89.9 Å². The van der Waals surface area contributed by atoms with Gasteiger partial charge in [-0.15, -0.1) is 0 Å². The maximum Gasteiger partial charge on any atom is 0.422 e. The van der Waals surface area contributed by atoms with Gasteiger partial charge in [0.05, 0.1) is 43.9 Å². The number of carbonyl (C=O) groups is 1. The van der Waals surface area contributed by atoms with E-state index in [1.807, 2.05) is 32.9 Å². The van der Waals surface area contributed by atoms with Gasteiger partial charge in [-0.25, -0.2) is 4.98 Å². The Kier molecular flexibility index (Phi) is 8.57. The Morgan fingerprint density at radius 3 is 2.33 bits per heavy atom. The highest BCUT2D eigenvalue weighted by atomic mass is 19.4. The number of nitrogens with zero attached hydrogens (tertiary/aromatic N) is 1. The Morgan fingerprint density at radius 2 is 1.74 bits per heavy atom. The van der Waals surface area contributed by atoms with Gasteiger partial charge < -0.3 is 24.6 Å².